The van der Waals surface area contributed by atoms with E-state index in [0.717, 1.165) is 44.5 Å². The molecule has 1 fully saturated rings. The zero-order valence-corrected chi connectivity index (χ0v) is 19.5. The third kappa shape index (κ3) is 5.31. The highest BCUT2D eigenvalue weighted by molar-refractivity contribution is 6.11. The molecule has 1 amide bonds. The number of fused-ring (bicyclic) bond motifs is 1. The average Bonchev–Trinajstić information content (AvgIpc) is 3.30. The Bertz CT molecular complexity index is 1460. The second-order valence-corrected chi connectivity index (χ2v) is 8.97. The monoisotopic (exact) mass is 515 g/mol. The Kier molecular flexibility index (Phi) is 6.63. The largest absolute Gasteiger partial charge is 0.433 e. The lowest BCUT2D eigenvalue weighted by Crippen LogP contribution is -2.29. The molecule has 2 aromatic heterocycles. The molecule has 2 aromatic carbocycles. The third-order valence-corrected chi connectivity index (χ3v) is 6.31. The molecule has 0 saturated carbocycles. The number of carbonyl (C=O) groups is 1. The van der Waals surface area contributed by atoms with E-state index in [2.05, 4.69) is 25.4 Å². The summed E-state index contributed by atoms with van der Waals surface area (Å²) in [5, 5.41) is 9.25. The number of hydrogen-bond donors (Lipinski definition) is 2. The van der Waals surface area contributed by atoms with Crippen LogP contribution >= 0.6 is 0 Å². The number of halogens is 5. The Hall–Kier alpha value is -3.86. The van der Waals surface area contributed by atoms with Crippen molar-refractivity contribution in [3.05, 3.63) is 77.1 Å². The number of nitrogens with zero attached hydrogens (tertiary/aromatic N) is 3. The number of H-pyrrole nitrogens is 1. The van der Waals surface area contributed by atoms with Crippen molar-refractivity contribution in [2.24, 2.45) is 0 Å². The van der Waals surface area contributed by atoms with Crippen LogP contribution in [-0.4, -0.2) is 39.1 Å². The van der Waals surface area contributed by atoms with Crippen LogP contribution in [0.1, 0.15) is 41.0 Å². The van der Waals surface area contributed by atoms with Gasteiger partial charge in [0, 0.05) is 17.5 Å². The quantitative estimate of drug-likeness (QED) is 0.312. The molecule has 0 radical (unpaired) electrons. The second-order valence-electron chi connectivity index (χ2n) is 8.97. The summed E-state index contributed by atoms with van der Waals surface area (Å²) < 4.78 is 68.3. The highest BCUT2D eigenvalue weighted by Crippen LogP contribution is 2.31. The molecule has 1 aliphatic rings. The smallest absolute Gasteiger partial charge is 0.305 e. The molecule has 0 bridgehead atoms. The molecule has 2 N–H and O–H groups in total. The van der Waals surface area contributed by atoms with E-state index in [9.17, 15) is 26.7 Å². The first-order chi connectivity index (χ1) is 17.7. The molecule has 11 heteroatoms. The molecular formula is C26H22F5N5O. The minimum atomic E-state index is -4.67. The van der Waals surface area contributed by atoms with Crippen molar-refractivity contribution >= 4 is 22.6 Å². The van der Waals surface area contributed by atoms with Crippen molar-refractivity contribution < 1.29 is 26.7 Å². The van der Waals surface area contributed by atoms with E-state index in [1.54, 1.807) is 18.2 Å². The Labute approximate surface area is 208 Å². The topological polar surface area (TPSA) is 73.9 Å². The number of rotatable bonds is 5. The molecule has 4 aromatic rings. The summed E-state index contributed by atoms with van der Waals surface area (Å²) in [6.07, 6.45) is -1.39. The zero-order chi connectivity index (χ0) is 26.2. The lowest BCUT2D eigenvalue weighted by atomic mass is 9.99. The van der Waals surface area contributed by atoms with Crippen LogP contribution in [0, 0.1) is 11.6 Å². The lowest BCUT2D eigenvalue weighted by molar-refractivity contribution is -0.141. The van der Waals surface area contributed by atoms with Gasteiger partial charge >= 0.3 is 6.18 Å². The SMILES string of the molecule is O=C(Nc1cccc(C(F)(F)F)n1)c1n[nH]c2ccc(-c3cc(CN4CCCCC4)cc(F)c3F)cc12. The van der Waals surface area contributed by atoms with E-state index in [1.165, 1.54) is 18.2 Å². The molecule has 1 saturated heterocycles. The molecular weight excluding hydrogens is 493 g/mol. The summed E-state index contributed by atoms with van der Waals surface area (Å²) >= 11 is 0. The molecule has 6 nitrogen and oxygen atoms in total. The van der Waals surface area contributed by atoms with Gasteiger partial charge in [-0.05, 0) is 73.5 Å². The number of pyridine rings is 1. The molecule has 1 aliphatic heterocycles. The van der Waals surface area contributed by atoms with Crippen molar-refractivity contribution in [3.63, 3.8) is 0 Å². The standard InChI is InChI=1S/C26H22F5N5O/c27-19-12-15(14-36-9-2-1-3-10-36)11-17(23(19)28)16-7-8-20-18(13-16)24(35-34-20)25(37)33-22-6-4-5-21(32-22)26(29,30)31/h4-8,11-13H,1-3,9-10,14H2,(H,34,35)(H,32,33,37). The fourth-order valence-corrected chi connectivity index (χ4v) is 4.51. The number of hydrogen-bond acceptors (Lipinski definition) is 4. The van der Waals surface area contributed by atoms with Crippen LogP contribution in [0.2, 0.25) is 0 Å². The highest BCUT2D eigenvalue weighted by atomic mass is 19.4. The molecule has 0 atom stereocenters. The van der Waals surface area contributed by atoms with Gasteiger partial charge in [-0.15, -0.1) is 0 Å². The Morgan fingerprint density at radius 2 is 1.81 bits per heavy atom. The summed E-state index contributed by atoms with van der Waals surface area (Å²) in [7, 11) is 0. The van der Waals surface area contributed by atoms with Crippen molar-refractivity contribution in [1.29, 1.82) is 0 Å². The molecule has 0 aliphatic carbocycles. The number of benzene rings is 2. The minimum absolute atomic E-state index is 0.0426. The summed E-state index contributed by atoms with van der Waals surface area (Å²) in [4.78, 5) is 18.5. The van der Waals surface area contributed by atoms with Gasteiger partial charge in [-0.1, -0.05) is 18.6 Å². The lowest BCUT2D eigenvalue weighted by Gasteiger charge is -2.26. The van der Waals surface area contributed by atoms with E-state index >= 15 is 0 Å². The van der Waals surface area contributed by atoms with Gasteiger partial charge in [0.15, 0.2) is 17.3 Å². The van der Waals surface area contributed by atoms with Crippen molar-refractivity contribution in [3.8, 4) is 11.1 Å². The predicted molar refractivity (Wildman–Crippen MR) is 128 cm³/mol. The normalized spacial score (nSPS) is 14.7. The van der Waals surface area contributed by atoms with Crippen molar-refractivity contribution in [2.45, 2.75) is 32.0 Å². The van der Waals surface area contributed by atoms with Crippen LogP contribution in [-0.2, 0) is 12.7 Å². The van der Waals surface area contributed by atoms with E-state index in [4.69, 9.17) is 0 Å². The molecule has 192 valence electrons. The number of likely N-dealkylation sites (tertiary alicyclic amines) is 1. The van der Waals surface area contributed by atoms with E-state index in [1.807, 2.05) is 0 Å². The maximum absolute atomic E-state index is 14.9. The van der Waals surface area contributed by atoms with Gasteiger partial charge in [-0.3, -0.25) is 14.8 Å². The Balaban J connectivity index is 1.45. The summed E-state index contributed by atoms with van der Waals surface area (Å²) in [6.45, 7) is 2.29. The number of carbonyl (C=O) groups excluding carboxylic acids is 1. The van der Waals surface area contributed by atoms with Crippen molar-refractivity contribution in [1.82, 2.24) is 20.1 Å². The predicted octanol–water partition coefficient (Wildman–Crippen LogP) is 6.16. The van der Waals surface area contributed by atoms with E-state index < -0.39 is 29.4 Å². The van der Waals surface area contributed by atoms with Gasteiger partial charge in [0.05, 0.1) is 5.52 Å². The van der Waals surface area contributed by atoms with Gasteiger partial charge in [-0.2, -0.15) is 18.3 Å². The first-order valence-electron chi connectivity index (χ1n) is 11.7. The zero-order valence-electron chi connectivity index (χ0n) is 19.5. The van der Waals surface area contributed by atoms with Crippen molar-refractivity contribution in [2.75, 3.05) is 18.4 Å². The third-order valence-electron chi connectivity index (χ3n) is 6.31. The fraction of sp³-hybridized carbons (Fsp3) is 0.269. The number of piperidine rings is 1. The summed E-state index contributed by atoms with van der Waals surface area (Å²) in [6, 6.07) is 10.6. The molecule has 5 rings (SSSR count). The van der Waals surface area contributed by atoms with Crippen LogP contribution in [0.15, 0.2) is 48.5 Å². The molecule has 0 unspecified atom stereocenters. The average molecular weight is 515 g/mol. The Morgan fingerprint density at radius 3 is 2.57 bits per heavy atom. The van der Waals surface area contributed by atoms with Crippen LogP contribution in [0.5, 0.6) is 0 Å². The number of nitrogens with one attached hydrogen (secondary N) is 2. The Morgan fingerprint density at radius 1 is 1.03 bits per heavy atom. The van der Waals surface area contributed by atoms with Crippen LogP contribution in [0.25, 0.3) is 22.0 Å². The molecule has 37 heavy (non-hydrogen) atoms. The summed E-state index contributed by atoms with van der Waals surface area (Å²) in [5.41, 5.74) is 0.175. The maximum Gasteiger partial charge on any atom is 0.433 e. The number of amides is 1. The van der Waals surface area contributed by atoms with Gasteiger partial charge in [-0.25, -0.2) is 13.8 Å². The fourth-order valence-electron chi connectivity index (χ4n) is 4.51. The number of aromatic amines is 1. The highest BCUT2D eigenvalue weighted by Gasteiger charge is 2.32. The first kappa shape index (κ1) is 24.8. The molecule has 3 heterocycles. The first-order valence-corrected chi connectivity index (χ1v) is 11.7. The van der Waals surface area contributed by atoms with Gasteiger partial charge in [0.25, 0.3) is 5.91 Å². The second kappa shape index (κ2) is 9.89. The van der Waals surface area contributed by atoms with E-state index in [0.29, 0.717) is 28.6 Å². The minimum Gasteiger partial charge on any atom is -0.305 e. The van der Waals surface area contributed by atoms with Crippen LogP contribution in [0.3, 0.4) is 0 Å². The van der Waals surface area contributed by atoms with Crippen LogP contribution < -0.4 is 5.32 Å². The number of aromatic nitrogens is 3. The van der Waals surface area contributed by atoms with Gasteiger partial charge in [0.2, 0.25) is 0 Å². The van der Waals surface area contributed by atoms with E-state index in [-0.39, 0.29) is 17.1 Å². The summed E-state index contributed by atoms with van der Waals surface area (Å²) in [5.74, 6) is -3.08. The maximum atomic E-state index is 14.9. The van der Waals surface area contributed by atoms with Gasteiger partial charge in [0.1, 0.15) is 11.5 Å². The van der Waals surface area contributed by atoms with Gasteiger partial charge < -0.3 is 5.32 Å². The van der Waals surface area contributed by atoms with Crippen LogP contribution in [0.4, 0.5) is 27.8 Å². The number of alkyl halides is 3. The molecule has 0 spiro atoms. The number of anilines is 1.